The minimum Gasteiger partial charge on any atom is -0.493 e. The summed E-state index contributed by atoms with van der Waals surface area (Å²) in [7, 11) is 5.59. The van der Waals surface area contributed by atoms with Crippen LogP contribution in [-0.2, 0) is 0 Å². The fourth-order valence-corrected chi connectivity index (χ4v) is 2.65. The Morgan fingerprint density at radius 2 is 1.84 bits per heavy atom. The van der Waals surface area contributed by atoms with Gasteiger partial charge < -0.3 is 19.7 Å². The number of hydrogen-bond donors (Lipinski definition) is 1. The summed E-state index contributed by atoms with van der Waals surface area (Å²) < 4.78 is 10.8. The third-order valence-corrected chi connectivity index (χ3v) is 3.99. The molecule has 0 heterocycles. The molecule has 0 spiro atoms. The van der Waals surface area contributed by atoms with Gasteiger partial charge in [-0.3, -0.25) is 4.79 Å². The number of methoxy groups -OCH3 is 1. The highest BCUT2D eigenvalue weighted by molar-refractivity contribution is 5.94. The van der Waals surface area contributed by atoms with Gasteiger partial charge >= 0.3 is 0 Å². The van der Waals surface area contributed by atoms with Crippen molar-refractivity contribution < 1.29 is 14.3 Å². The molecular weight excluding hydrogens is 316 g/mol. The largest absolute Gasteiger partial charge is 0.493 e. The first-order valence-corrected chi connectivity index (χ1v) is 8.37. The Hall–Kier alpha value is -2.53. The SMILES string of the molecule is CCOc1cc(C(=O)NCC(c2ccccc2)N(C)C)ccc1OC. The normalized spacial score (nSPS) is 11.9. The highest BCUT2D eigenvalue weighted by Gasteiger charge is 2.16. The zero-order valence-corrected chi connectivity index (χ0v) is 15.3. The molecule has 5 nitrogen and oxygen atoms in total. The number of hydrogen-bond acceptors (Lipinski definition) is 4. The number of amides is 1. The van der Waals surface area contributed by atoms with Gasteiger partial charge in [-0.2, -0.15) is 0 Å². The predicted octanol–water partition coefficient (Wildman–Crippen LogP) is 3.13. The first kappa shape index (κ1) is 18.8. The van der Waals surface area contributed by atoms with E-state index in [1.54, 1.807) is 25.3 Å². The second-order valence-electron chi connectivity index (χ2n) is 5.90. The molecule has 1 N–H and O–H groups in total. The lowest BCUT2D eigenvalue weighted by atomic mass is 10.1. The van der Waals surface area contributed by atoms with Crippen molar-refractivity contribution in [2.75, 3.05) is 34.4 Å². The number of carbonyl (C=O) groups excluding carboxylic acids is 1. The van der Waals surface area contributed by atoms with Crippen LogP contribution in [0.1, 0.15) is 28.9 Å². The summed E-state index contributed by atoms with van der Waals surface area (Å²) in [6.07, 6.45) is 0. The van der Waals surface area contributed by atoms with E-state index in [2.05, 4.69) is 22.3 Å². The number of ether oxygens (including phenoxy) is 2. The quantitative estimate of drug-likeness (QED) is 0.801. The highest BCUT2D eigenvalue weighted by atomic mass is 16.5. The van der Waals surface area contributed by atoms with E-state index in [0.29, 0.717) is 30.2 Å². The molecule has 0 bridgehead atoms. The average molecular weight is 342 g/mol. The van der Waals surface area contributed by atoms with Crippen molar-refractivity contribution >= 4 is 5.91 Å². The van der Waals surface area contributed by atoms with Crippen LogP contribution in [-0.4, -0.2) is 45.2 Å². The molecule has 0 aliphatic rings. The maximum absolute atomic E-state index is 12.5. The van der Waals surface area contributed by atoms with E-state index in [0.717, 1.165) is 5.56 Å². The molecule has 0 aliphatic heterocycles. The molecule has 0 saturated carbocycles. The number of nitrogens with one attached hydrogen (secondary N) is 1. The van der Waals surface area contributed by atoms with E-state index in [4.69, 9.17) is 9.47 Å². The van der Waals surface area contributed by atoms with Crippen molar-refractivity contribution in [2.24, 2.45) is 0 Å². The van der Waals surface area contributed by atoms with Crippen LogP contribution < -0.4 is 14.8 Å². The summed E-state index contributed by atoms with van der Waals surface area (Å²) >= 11 is 0. The van der Waals surface area contributed by atoms with Gasteiger partial charge in [0.25, 0.3) is 5.91 Å². The Morgan fingerprint density at radius 3 is 2.44 bits per heavy atom. The van der Waals surface area contributed by atoms with Gasteiger partial charge in [0, 0.05) is 12.1 Å². The predicted molar refractivity (Wildman–Crippen MR) is 99.4 cm³/mol. The van der Waals surface area contributed by atoms with Crippen molar-refractivity contribution in [3.05, 3.63) is 59.7 Å². The van der Waals surface area contributed by atoms with Crippen LogP contribution in [0, 0.1) is 0 Å². The number of nitrogens with zero attached hydrogens (tertiary/aromatic N) is 1. The lowest BCUT2D eigenvalue weighted by Crippen LogP contribution is -2.34. The summed E-state index contributed by atoms with van der Waals surface area (Å²) in [6.45, 7) is 2.93. The molecule has 0 radical (unpaired) electrons. The maximum atomic E-state index is 12.5. The zero-order chi connectivity index (χ0) is 18.2. The number of benzene rings is 2. The summed E-state index contributed by atoms with van der Waals surface area (Å²) in [6, 6.07) is 15.4. The maximum Gasteiger partial charge on any atom is 0.251 e. The standard InChI is InChI=1S/C20H26N2O3/c1-5-25-19-13-16(11-12-18(19)24-4)20(23)21-14-17(22(2)3)15-9-7-6-8-10-15/h6-13,17H,5,14H2,1-4H3,(H,21,23). The van der Waals surface area contributed by atoms with E-state index >= 15 is 0 Å². The molecule has 25 heavy (non-hydrogen) atoms. The van der Waals surface area contributed by atoms with Crippen LogP contribution in [0.25, 0.3) is 0 Å². The van der Waals surface area contributed by atoms with Gasteiger partial charge in [0.15, 0.2) is 11.5 Å². The second-order valence-corrected chi connectivity index (χ2v) is 5.90. The average Bonchev–Trinajstić information content (AvgIpc) is 2.62. The molecule has 0 aromatic heterocycles. The van der Waals surface area contributed by atoms with Crippen molar-refractivity contribution in [3.63, 3.8) is 0 Å². The molecule has 134 valence electrons. The topological polar surface area (TPSA) is 50.8 Å². The molecule has 1 unspecified atom stereocenters. The Morgan fingerprint density at radius 1 is 1.12 bits per heavy atom. The minimum absolute atomic E-state index is 0.106. The van der Waals surface area contributed by atoms with Gasteiger partial charge in [0.2, 0.25) is 0 Å². The van der Waals surface area contributed by atoms with E-state index in [1.165, 1.54) is 0 Å². The first-order valence-electron chi connectivity index (χ1n) is 8.37. The Balaban J connectivity index is 2.09. The van der Waals surface area contributed by atoms with Gasteiger partial charge in [-0.15, -0.1) is 0 Å². The lowest BCUT2D eigenvalue weighted by Gasteiger charge is -2.25. The third-order valence-electron chi connectivity index (χ3n) is 3.99. The molecular formula is C20H26N2O3. The van der Waals surface area contributed by atoms with Crippen molar-refractivity contribution in [1.29, 1.82) is 0 Å². The molecule has 0 fully saturated rings. The van der Waals surface area contributed by atoms with Gasteiger partial charge in [-0.1, -0.05) is 30.3 Å². The van der Waals surface area contributed by atoms with E-state index in [1.807, 2.05) is 39.2 Å². The van der Waals surface area contributed by atoms with E-state index in [9.17, 15) is 4.79 Å². The van der Waals surface area contributed by atoms with Crippen LogP contribution in [0.4, 0.5) is 0 Å². The van der Waals surface area contributed by atoms with Crippen LogP contribution in [0.15, 0.2) is 48.5 Å². The molecule has 2 aromatic rings. The second kappa shape index (κ2) is 9.08. The van der Waals surface area contributed by atoms with Crippen molar-refractivity contribution in [3.8, 4) is 11.5 Å². The first-order chi connectivity index (χ1) is 12.1. The van der Waals surface area contributed by atoms with E-state index in [-0.39, 0.29) is 11.9 Å². The Kier molecular flexibility index (Phi) is 6.83. The number of likely N-dealkylation sites (N-methyl/N-ethyl adjacent to an activating group) is 1. The fourth-order valence-electron chi connectivity index (χ4n) is 2.65. The van der Waals surface area contributed by atoms with Crippen LogP contribution in [0.2, 0.25) is 0 Å². The van der Waals surface area contributed by atoms with Crippen molar-refractivity contribution in [2.45, 2.75) is 13.0 Å². The van der Waals surface area contributed by atoms with Crippen molar-refractivity contribution in [1.82, 2.24) is 10.2 Å². The Labute approximate surface area is 149 Å². The molecule has 5 heteroatoms. The van der Waals surface area contributed by atoms with Crippen LogP contribution >= 0.6 is 0 Å². The monoisotopic (exact) mass is 342 g/mol. The zero-order valence-electron chi connectivity index (χ0n) is 15.3. The minimum atomic E-state index is -0.133. The summed E-state index contributed by atoms with van der Waals surface area (Å²) in [5.41, 5.74) is 1.72. The molecule has 1 atom stereocenters. The third kappa shape index (κ3) is 4.97. The van der Waals surface area contributed by atoms with E-state index < -0.39 is 0 Å². The summed E-state index contributed by atoms with van der Waals surface area (Å²) in [5, 5.41) is 3.01. The highest BCUT2D eigenvalue weighted by Crippen LogP contribution is 2.28. The molecule has 0 saturated heterocycles. The van der Waals surface area contributed by atoms with Crippen LogP contribution in [0.5, 0.6) is 11.5 Å². The van der Waals surface area contributed by atoms with Gasteiger partial charge in [-0.05, 0) is 44.8 Å². The summed E-state index contributed by atoms with van der Waals surface area (Å²) in [4.78, 5) is 14.6. The van der Waals surface area contributed by atoms with Gasteiger partial charge in [0.05, 0.1) is 19.8 Å². The number of rotatable bonds is 8. The number of carbonyl (C=O) groups is 1. The lowest BCUT2D eigenvalue weighted by molar-refractivity contribution is 0.0941. The Bertz CT molecular complexity index is 687. The van der Waals surface area contributed by atoms with Crippen LogP contribution in [0.3, 0.4) is 0 Å². The molecule has 1 amide bonds. The molecule has 2 aromatic carbocycles. The fraction of sp³-hybridized carbons (Fsp3) is 0.350. The molecule has 0 aliphatic carbocycles. The molecule has 2 rings (SSSR count). The van der Waals surface area contributed by atoms with Gasteiger partial charge in [0.1, 0.15) is 0 Å². The van der Waals surface area contributed by atoms with Gasteiger partial charge in [-0.25, -0.2) is 0 Å². The summed E-state index contributed by atoms with van der Waals surface area (Å²) in [5.74, 6) is 1.06. The smallest absolute Gasteiger partial charge is 0.251 e.